The third-order valence-electron chi connectivity index (χ3n) is 1.34. The molecule has 0 saturated heterocycles. The first-order chi connectivity index (χ1) is 5.87. The lowest BCUT2D eigenvalue weighted by molar-refractivity contribution is -0.140. The smallest absolute Gasteiger partial charge is 0.326 e. The van der Waals surface area contributed by atoms with Crippen LogP contribution in [-0.4, -0.2) is 44.0 Å². The van der Waals surface area contributed by atoms with E-state index in [1.54, 1.807) is 0 Å². The van der Waals surface area contributed by atoms with Crippen LogP contribution in [0.4, 0.5) is 0 Å². The fraction of sp³-hybridized carbons (Fsp3) is 0.667. The largest absolute Gasteiger partial charge is 0.480 e. The van der Waals surface area contributed by atoms with Gasteiger partial charge in [0.25, 0.3) is 0 Å². The highest BCUT2D eigenvalue weighted by molar-refractivity contribution is 7.90. The van der Waals surface area contributed by atoms with E-state index in [1.807, 2.05) is 5.32 Å². The maximum Gasteiger partial charge on any atom is 0.326 e. The first kappa shape index (κ1) is 11.9. The Kier molecular flexibility index (Phi) is 4.39. The second-order valence-corrected chi connectivity index (χ2v) is 4.85. The van der Waals surface area contributed by atoms with Gasteiger partial charge in [-0.25, -0.2) is 13.2 Å². The van der Waals surface area contributed by atoms with Crippen LogP contribution in [0.2, 0.25) is 0 Å². The number of carbonyl (C=O) groups is 2. The third kappa shape index (κ3) is 6.09. The molecule has 6 nitrogen and oxygen atoms in total. The number of hydrogen-bond acceptors (Lipinski definition) is 4. The maximum absolute atomic E-state index is 10.7. The van der Waals surface area contributed by atoms with Crippen molar-refractivity contribution in [2.75, 3.05) is 12.0 Å². The Morgan fingerprint density at radius 1 is 1.62 bits per heavy atom. The zero-order valence-electron chi connectivity index (χ0n) is 7.06. The molecule has 1 amide bonds. The van der Waals surface area contributed by atoms with Gasteiger partial charge in [0.1, 0.15) is 15.9 Å². The second kappa shape index (κ2) is 4.80. The summed E-state index contributed by atoms with van der Waals surface area (Å²) in [6.07, 6.45) is 1.13. The van der Waals surface area contributed by atoms with Gasteiger partial charge < -0.3 is 10.4 Å². The standard InChI is InChI=1S/C6H11NO5S/c1-13(11,12)3-2-5(6(9)10)7-4-8/h4-5H,2-3H2,1H3,(H,7,8)(H,9,10)/t5-/m0/s1. The van der Waals surface area contributed by atoms with Crippen LogP contribution in [-0.2, 0) is 19.4 Å². The van der Waals surface area contributed by atoms with Crippen LogP contribution in [0, 0.1) is 0 Å². The van der Waals surface area contributed by atoms with Crippen LogP contribution >= 0.6 is 0 Å². The number of amides is 1. The fourth-order valence-electron chi connectivity index (χ4n) is 0.692. The molecule has 0 aromatic heterocycles. The van der Waals surface area contributed by atoms with Gasteiger partial charge in [0, 0.05) is 6.26 Å². The summed E-state index contributed by atoms with van der Waals surface area (Å²) in [7, 11) is -3.19. The number of nitrogens with one attached hydrogen (secondary N) is 1. The Morgan fingerprint density at radius 3 is 2.46 bits per heavy atom. The zero-order valence-corrected chi connectivity index (χ0v) is 7.87. The van der Waals surface area contributed by atoms with Gasteiger partial charge in [-0.3, -0.25) is 4.79 Å². The van der Waals surface area contributed by atoms with Gasteiger partial charge in [-0.05, 0) is 6.42 Å². The number of rotatable bonds is 6. The molecule has 0 aliphatic rings. The molecule has 0 spiro atoms. The van der Waals surface area contributed by atoms with Gasteiger partial charge in [-0.2, -0.15) is 0 Å². The lowest BCUT2D eigenvalue weighted by atomic mass is 10.2. The molecule has 0 aliphatic carbocycles. The molecule has 0 aromatic rings. The number of carbonyl (C=O) groups excluding carboxylic acids is 1. The van der Waals surface area contributed by atoms with Crippen molar-refractivity contribution in [3.63, 3.8) is 0 Å². The normalized spacial score (nSPS) is 13.3. The molecule has 0 unspecified atom stereocenters. The SMILES string of the molecule is CS(=O)(=O)CC[C@H](NC=O)C(=O)O. The van der Waals surface area contributed by atoms with Crippen molar-refractivity contribution < 1.29 is 23.1 Å². The summed E-state index contributed by atoms with van der Waals surface area (Å²) >= 11 is 0. The molecule has 0 saturated carbocycles. The first-order valence-corrected chi connectivity index (χ1v) is 5.53. The zero-order chi connectivity index (χ0) is 10.5. The molecule has 0 rings (SSSR count). The van der Waals surface area contributed by atoms with Crippen LogP contribution in [0.25, 0.3) is 0 Å². The summed E-state index contributed by atoms with van der Waals surface area (Å²) in [6, 6.07) is -1.13. The van der Waals surface area contributed by atoms with E-state index in [9.17, 15) is 18.0 Å². The molecule has 0 aliphatic heterocycles. The molecular weight excluding hydrogens is 198 g/mol. The summed E-state index contributed by atoms with van der Waals surface area (Å²) in [6.45, 7) is 0. The molecule has 0 heterocycles. The van der Waals surface area contributed by atoms with Crippen LogP contribution in [0.3, 0.4) is 0 Å². The average molecular weight is 209 g/mol. The minimum atomic E-state index is -3.19. The molecule has 0 bridgehead atoms. The van der Waals surface area contributed by atoms with E-state index in [0.29, 0.717) is 0 Å². The first-order valence-electron chi connectivity index (χ1n) is 3.47. The lowest BCUT2D eigenvalue weighted by Crippen LogP contribution is -2.37. The molecule has 1 atom stereocenters. The van der Waals surface area contributed by atoms with E-state index in [-0.39, 0.29) is 18.6 Å². The number of sulfone groups is 1. The molecule has 2 N–H and O–H groups in total. The second-order valence-electron chi connectivity index (χ2n) is 2.59. The van der Waals surface area contributed by atoms with Crippen LogP contribution in [0.5, 0.6) is 0 Å². The molecule has 0 radical (unpaired) electrons. The lowest BCUT2D eigenvalue weighted by Gasteiger charge is -2.09. The molecule has 7 heteroatoms. The Balaban J connectivity index is 4.12. The Labute approximate surface area is 75.9 Å². The summed E-state index contributed by atoms with van der Waals surface area (Å²) < 4.78 is 21.3. The van der Waals surface area contributed by atoms with Crippen molar-refractivity contribution in [1.82, 2.24) is 5.32 Å². The summed E-state index contributed by atoms with van der Waals surface area (Å²) in [5, 5.41) is 10.5. The topological polar surface area (TPSA) is 101 Å². The van der Waals surface area contributed by atoms with Crippen molar-refractivity contribution in [3.05, 3.63) is 0 Å². The van der Waals surface area contributed by atoms with Crippen LogP contribution in [0.15, 0.2) is 0 Å². The van der Waals surface area contributed by atoms with E-state index in [4.69, 9.17) is 5.11 Å². The Bertz CT molecular complexity index is 283. The Morgan fingerprint density at radius 2 is 2.15 bits per heavy atom. The number of hydrogen-bond donors (Lipinski definition) is 2. The van der Waals surface area contributed by atoms with Gasteiger partial charge in [0.15, 0.2) is 0 Å². The minimum Gasteiger partial charge on any atom is -0.480 e. The van der Waals surface area contributed by atoms with Gasteiger partial charge in [0.2, 0.25) is 6.41 Å². The predicted octanol–water partition coefficient (Wildman–Crippen LogP) is -1.38. The quantitative estimate of drug-likeness (QED) is 0.525. The Hall–Kier alpha value is -1.11. The summed E-state index contributed by atoms with van der Waals surface area (Å²) in [5.74, 6) is -1.50. The van der Waals surface area contributed by atoms with E-state index in [2.05, 4.69) is 0 Å². The van der Waals surface area contributed by atoms with E-state index >= 15 is 0 Å². The van der Waals surface area contributed by atoms with E-state index < -0.39 is 21.8 Å². The van der Waals surface area contributed by atoms with Crippen molar-refractivity contribution >= 4 is 22.2 Å². The van der Waals surface area contributed by atoms with Crippen LogP contribution in [0.1, 0.15) is 6.42 Å². The van der Waals surface area contributed by atoms with Gasteiger partial charge in [0.05, 0.1) is 5.75 Å². The highest BCUT2D eigenvalue weighted by Crippen LogP contribution is 1.95. The van der Waals surface area contributed by atoms with Gasteiger partial charge in [-0.15, -0.1) is 0 Å². The van der Waals surface area contributed by atoms with Crippen molar-refractivity contribution in [2.45, 2.75) is 12.5 Å². The van der Waals surface area contributed by atoms with Crippen molar-refractivity contribution in [2.24, 2.45) is 0 Å². The van der Waals surface area contributed by atoms with E-state index in [1.165, 1.54) is 0 Å². The van der Waals surface area contributed by atoms with Crippen molar-refractivity contribution in [3.8, 4) is 0 Å². The number of aliphatic carboxylic acids is 1. The fourth-order valence-corrected chi connectivity index (χ4v) is 1.36. The number of carboxylic acids is 1. The third-order valence-corrected chi connectivity index (χ3v) is 2.32. The maximum atomic E-state index is 10.7. The summed E-state index contributed by atoms with van der Waals surface area (Å²) in [5.41, 5.74) is 0. The molecular formula is C6H11NO5S. The van der Waals surface area contributed by atoms with E-state index in [0.717, 1.165) is 6.26 Å². The van der Waals surface area contributed by atoms with Gasteiger partial charge in [-0.1, -0.05) is 0 Å². The summed E-state index contributed by atoms with van der Waals surface area (Å²) in [4.78, 5) is 20.3. The molecule has 13 heavy (non-hydrogen) atoms. The highest BCUT2D eigenvalue weighted by Gasteiger charge is 2.17. The molecule has 76 valence electrons. The van der Waals surface area contributed by atoms with Crippen molar-refractivity contribution in [1.29, 1.82) is 0 Å². The monoisotopic (exact) mass is 209 g/mol. The predicted molar refractivity (Wildman–Crippen MR) is 45.0 cm³/mol. The minimum absolute atomic E-state index is 0.118. The average Bonchev–Trinajstić information content (AvgIpc) is 1.95. The van der Waals surface area contributed by atoms with Gasteiger partial charge >= 0.3 is 5.97 Å². The molecule has 0 fully saturated rings. The molecule has 0 aromatic carbocycles. The van der Waals surface area contributed by atoms with Crippen LogP contribution < -0.4 is 5.32 Å². The highest BCUT2D eigenvalue weighted by atomic mass is 32.2. The number of carboxylic acid groups (broad SMARTS) is 1.